The van der Waals surface area contributed by atoms with Crippen LogP contribution < -0.4 is 5.32 Å². The van der Waals surface area contributed by atoms with Crippen molar-refractivity contribution in [2.75, 3.05) is 19.6 Å². The first-order valence-corrected chi connectivity index (χ1v) is 9.77. The molecule has 1 aliphatic heterocycles. The van der Waals surface area contributed by atoms with E-state index >= 15 is 0 Å². The summed E-state index contributed by atoms with van der Waals surface area (Å²) < 4.78 is 0. The number of piperidine rings is 1. The lowest BCUT2D eigenvalue weighted by molar-refractivity contribution is 0.158. The average molecular weight is 295 g/mol. The van der Waals surface area contributed by atoms with Crippen LogP contribution in [0.2, 0.25) is 0 Å². The molecule has 2 rings (SSSR count). The number of nitrogens with zero attached hydrogens (tertiary/aromatic N) is 1. The van der Waals surface area contributed by atoms with Gasteiger partial charge in [-0.15, -0.1) is 0 Å². The highest BCUT2D eigenvalue weighted by atomic mass is 15.2. The van der Waals surface area contributed by atoms with E-state index in [0.29, 0.717) is 0 Å². The van der Waals surface area contributed by atoms with Gasteiger partial charge in [0.15, 0.2) is 0 Å². The van der Waals surface area contributed by atoms with Crippen LogP contribution in [-0.4, -0.2) is 36.6 Å². The molecule has 0 aromatic rings. The third kappa shape index (κ3) is 6.28. The Labute approximate surface area is 133 Å². The average Bonchev–Trinajstić information content (AvgIpc) is 2.71. The topological polar surface area (TPSA) is 15.3 Å². The molecule has 0 bridgehead atoms. The normalized spacial score (nSPS) is 32.0. The molecule has 3 atom stereocenters. The number of nitrogens with one attached hydrogen (secondary N) is 1. The molecule has 0 spiro atoms. The number of hydrogen-bond acceptors (Lipinski definition) is 2. The van der Waals surface area contributed by atoms with Gasteiger partial charge in [-0.05, 0) is 71.0 Å². The highest BCUT2D eigenvalue weighted by Crippen LogP contribution is 2.26. The van der Waals surface area contributed by atoms with Crippen LogP contribution in [0.1, 0.15) is 84.5 Å². The van der Waals surface area contributed by atoms with Crippen LogP contribution in [0.4, 0.5) is 0 Å². The molecule has 2 aliphatic rings. The van der Waals surface area contributed by atoms with Crippen LogP contribution in [0.3, 0.4) is 0 Å². The molecule has 0 radical (unpaired) electrons. The highest BCUT2D eigenvalue weighted by Gasteiger charge is 2.19. The zero-order valence-corrected chi connectivity index (χ0v) is 14.6. The van der Waals surface area contributed by atoms with Gasteiger partial charge in [0, 0.05) is 12.1 Å². The highest BCUT2D eigenvalue weighted by molar-refractivity contribution is 4.76. The van der Waals surface area contributed by atoms with Crippen LogP contribution in [0, 0.1) is 5.92 Å². The first-order valence-electron chi connectivity index (χ1n) is 9.77. The summed E-state index contributed by atoms with van der Waals surface area (Å²) in [6.45, 7) is 8.61. The number of likely N-dealkylation sites (tertiary alicyclic amines) is 1. The van der Waals surface area contributed by atoms with Crippen LogP contribution in [0.5, 0.6) is 0 Å². The molecule has 1 saturated carbocycles. The van der Waals surface area contributed by atoms with Gasteiger partial charge in [-0.2, -0.15) is 0 Å². The van der Waals surface area contributed by atoms with Crippen LogP contribution in [0.25, 0.3) is 0 Å². The molecule has 21 heavy (non-hydrogen) atoms. The molecule has 2 fully saturated rings. The van der Waals surface area contributed by atoms with Crippen molar-refractivity contribution in [2.24, 2.45) is 5.92 Å². The van der Waals surface area contributed by atoms with Crippen molar-refractivity contribution < 1.29 is 0 Å². The summed E-state index contributed by atoms with van der Waals surface area (Å²) in [5.41, 5.74) is 0. The lowest BCUT2D eigenvalue weighted by Crippen LogP contribution is -2.39. The SMILES string of the molecule is CCCC1CCCC(NCCCN2CCCCC2C)CC1. The van der Waals surface area contributed by atoms with Crippen molar-refractivity contribution in [3.63, 3.8) is 0 Å². The summed E-state index contributed by atoms with van der Waals surface area (Å²) in [5.74, 6) is 1.02. The van der Waals surface area contributed by atoms with Gasteiger partial charge < -0.3 is 10.2 Å². The smallest absolute Gasteiger partial charge is 0.00671 e. The first-order chi connectivity index (χ1) is 10.3. The van der Waals surface area contributed by atoms with E-state index < -0.39 is 0 Å². The Kier molecular flexibility index (Phi) is 8.10. The summed E-state index contributed by atoms with van der Waals surface area (Å²) in [4.78, 5) is 2.70. The molecule has 2 nitrogen and oxygen atoms in total. The molecule has 0 aromatic heterocycles. The molecular weight excluding hydrogens is 256 g/mol. The molecule has 1 N–H and O–H groups in total. The summed E-state index contributed by atoms with van der Waals surface area (Å²) in [6, 6.07) is 1.64. The number of rotatable bonds is 7. The maximum Gasteiger partial charge on any atom is 0.00671 e. The van der Waals surface area contributed by atoms with E-state index in [1.165, 1.54) is 90.3 Å². The molecule has 1 heterocycles. The molecule has 1 saturated heterocycles. The Morgan fingerprint density at radius 3 is 2.71 bits per heavy atom. The predicted molar refractivity (Wildman–Crippen MR) is 92.8 cm³/mol. The van der Waals surface area contributed by atoms with E-state index in [1.54, 1.807) is 0 Å². The van der Waals surface area contributed by atoms with Crippen molar-refractivity contribution in [2.45, 2.75) is 96.6 Å². The Balaban J connectivity index is 1.56. The minimum Gasteiger partial charge on any atom is -0.314 e. The van der Waals surface area contributed by atoms with Gasteiger partial charge in [0.1, 0.15) is 0 Å². The van der Waals surface area contributed by atoms with Gasteiger partial charge in [0.2, 0.25) is 0 Å². The maximum atomic E-state index is 3.85. The zero-order valence-electron chi connectivity index (χ0n) is 14.6. The Hall–Kier alpha value is -0.0800. The Morgan fingerprint density at radius 1 is 1.00 bits per heavy atom. The number of hydrogen-bond donors (Lipinski definition) is 1. The molecule has 0 aromatic carbocycles. The monoisotopic (exact) mass is 294 g/mol. The van der Waals surface area contributed by atoms with Gasteiger partial charge >= 0.3 is 0 Å². The minimum absolute atomic E-state index is 0.811. The molecule has 1 aliphatic carbocycles. The summed E-state index contributed by atoms with van der Waals surface area (Å²) in [5, 5.41) is 3.85. The quantitative estimate of drug-likeness (QED) is 0.546. The lowest BCUT2D eigenvalue weighted by Gasteiger charge is -2.33. The molecule has 3 unspecified atom stereocenters. The summed E-state index contributed by atoms with van der Waals surface area (Å²) in [7, 11) is 0. The predicted octanol–water partition coefficient (Wildman–Crippen LogP) is 4.59. The zero-order chi connectivity index (χ0) is 14.9. The van der Waals surface area contributed by atoms with Gasteiger partial charge in [0.05, 0.1) is 0 Å². The molecular formula is C19H38N2. The second-order valence-corrected chi connectivity index (χ2v) is 7.55. The fourth-order valence-corrected chi connectivity index (χ4v) is 4.36. The molecule has 0 amide bonds. The van der Waals surface area contributed by atoms with E-state index in [-0.39, 0.29) is 0 Å². The van der Waals surface area contributed by atoms with Crippen LogP contribution in [-0.2, 0) is 0 Å². The standard InChI is InChI=1S/C19H38N2/c1-3-8-18-10-6-11-19(13-12-18)20-14-7-16-21-15-5-4-9-17(21)2/h17-20H,3-16H2,1-2H3. The molecule has 124 valence electrons. The second kappa shape index (κ2) is 9.84. The Morgan fingerprint density at radius 2 is 1.90 bits per heavy atom. The largest absolute Gasteiger partial charge is 0.314 e. The molecule has 2 heteroatoms. The van der Waals surface area contributed by atoms with Crippen molar-refractivity contribution >= 4 is 0 Å². The van der Waals surface area contributed by atoms with Crippen molar-refractivity contribution in [3.05, 3.63) is 0 Å². The van der Waals surface area contributed by atoms with E-state index in [4.69, 9.17) is 0 Å². The summed E-state index contributed by atoms with van der Waals surface area (Å²) >= 11 is 0. The van der Waals surface area contributed by atoms with Crippen LogP contribution >= 0.6 is 0 Å². The Bertz CT molecular complexity index is 266. The van der Waals surface area contributed by atoms with Gasteiger partial charge in [-0.3, -0.25) is 0 Å². The van der Waals surface area contributed by atoms with Crippen molar-refractivity contribution in [1.29, 1.82) is 0 Å². The lowest BCUT2D eigenvalue weighted by atomic mass is 9.95. The first kappa shape index (κ1) is 17.3. The van der Waals surface area contributed by atoms with Crippen LogP contribution in [0.15, 0.2) is 0 Å². The fourth-order valence-electron chi connectivity index (χ4n) is 4.36. The van der Waals surface area contributed by atoms with Gasteiger partial charge in [-0.1, -0.05) is 39.0 Å². The van der Waals surface area contributed by atoms with E-state index in [9.17, 15) is 0 Å². The van der Waals surface area contributed by atoms with E-state index in [0.717, 1.165) is 18.0 Å². The third-order valence-corrected chi connectivity index (χ3v) is 5.78. The maximum absolute atomic E-state index is 3.85. The van der Waals surface area contributed by atoms with E-state index in [2.05, 4.69) is 24.1 Å². The third-order valence-electron chi connectivity index (χ3n) is 5.78. The minimum atomic E-state index is 0.811. The summed E-state index contributed by atoms with van der Waals surface area (Å²) in [6.07, 6.45) is 15.7. The van der Waals surface area contributed by atoms with Gasteiger partial charge in [0.25, 0.3) is 0 Å². The van der Waals surface area contributed by atoms with E-state index in [1.807, 2.05) is 0 Å². The van der Waals surface area contributed by atoms with Gasteiger partial charge in [-0.25, -0.2) is 0 Å². The second-order valence-electron chi connectivity index (χ2n) is 7.55. The fraction of sp³-hybridized carbons (Fsp3) is 1.00. The van der Waals surface area contributed by atoms with Crippen molar-refractivity contribution in [3.8, 4) is 0 Å². The van der Waals surface area contributed by atoms with Crippen molar-refractivity contribution in [1.82, 2.24) is 10.2 Å².